The molecule has 0 saturated heterocycles. The predicted octanol–water partition coefficient (Wildman–Crippen LogP) is 2.01. The van der Waals surface area contributed by atoms with Crippen molar-refractivity contribution in [3.8, 4) is 10.7 Å². The summed E-state index contributed by atoms with van der Waals surface area (Å²) in [7, 11) is 1.90. The molecule has 0 atom stereocenters. The van der Waals surface area contributed by atoms with Gasteiger partial charge in [-0.2, -0.15) is 5.10 Å². The van der Waals surface area contributed by atoms with Gasteiger partial charge in [0.2, 0.25) is 0 Å². The summed E-state index contributed by atoms with van der Waals surface area (Å²) in [5, 5.41) is 13.0. The molecule has 0 radical (unpaired) electrons. The Morgan fingerprint density at radius 1 is 1.46 bits per heavy atom. The van der Waals surface area contributed by atoms with E-state index in [1.807, 2.05) is 24.7 Å². The van der Waals surface area contributed by atoms with E-state index in [0.717, 1.165) is 20.3 Å². The minimum absolute atomic E-state index is 0.793. The van der Waals surface area contributed by atoms with Crippen molar-refractivity contribution in [2.45, 2.75) is 6.92 Å². The lowest BCUT2D eigenvalue weighted by molar-refractivity contribution is 0.762. The Bertz CT molecular complexity index is 433. The van der Waals surface area contributed by atoms with Crippen molar-refractivity contribution in [1.82, 2.24) is 20.0 Å². The first kappa shape index (κ1) is 8.83. The highest BCUT2D eigenvalue weighted by atomic mass is 79.9. The molecular weight excluding hydrogens is 252 g/mol. The van der Waals surface area contributed by atoms with Gasteiger partial charge in [0, 0.05) is 7.05 Å². The Balaban J connectivity index is 2.51. The molecule has 0 bridgehead atoms. The van der Waals surface area contributed by atoms with Crippen LogP contribution in [-0.2, 0) is 7.05 Å². The van der Waals surface area contributed by atoms with Crippen LogP contribution in [0.15, 0.2) is 9.98 Å². The number of hydrogen-bond donors (Lipinski definition) is 0. The maximum Gasteiger partial charge on any atom is 0.183 e. The van der Waals surface area contributed by atoms with E-state index < -0.39 is 0 Å². The third kappa shape index (κ3) is 1.64. The van der Waals surface area contributed by atoms with Gasteiger partial charge >= 0.3 is 0 Å². The summed E-state index contributed by atoms with van der Waals surface area (Å²) in [6.07, 6.45) is 0. The fourth-order valence-electron chi connectivity index (χ4n) is 1.12. The van der Waals surface area contributed by atoms with Gasteiger partial charge in [-0.15, -0.1) is 10.2 Å². The fraction of sp³-hybridized carbons (Fsp3) is 0.286. The average Bonchev–Trinajstić information content (AvgIpc) is 2.58. The van der Waals surface area contributed by atoms with E-state index in [1.165, 1.54) is 11.3 Å². The van der Waals surface area contributed by atoms with Crippen molar-refractivity contribution < 1.29 is 0 Å². The molecule has 0 N–H and O–H groups in total. The maximum atomic E-state index is 4.24. The second-order valence-corrected chi connectivity index (χ2v) is 4.91. The second-order valence-electron chi connectivity index (χ2n) is 2.65. The third-order valence-electron chi connectivity index (χ3n) is 1.62. The van der Waals surface area contributed by atoms with Crippen LogP contribution in [0.2, 0.25) is 0 Å². The van der Waals surface area contributed by atoms with Gasteiger partial charge in [0.25, 0.3) is 0 Å². The van der Waals surface area contributed by atoms with Gasteiger partial charge in [-0.25, -0.2) is 0 Å². The third-order valence-corrected chi connectivity index (χ3v) is 3.00. The first-order valence-corrected chi connectivity index (χ1v) is 5.28. The molecule has 6 heteroatoms. The first-order chi connectivity index (χ1) is 6.16. The van der Waals surface area contributed by atoms with Crippen molar-refractivity contribution in [2.75, 3.05) is 0 Å². The van der Waals surface area contributed by atoms with E-state index in [4.69, 9.17) is 0 Å². The first-order valence-electron chi connectivity index (χ1n) is 3.67. The van der Waals surface area contributed by atoms with Crippen molar-refractivity contribution in [2.24, 2.45) is 7.05 Å². The fourth-order valence-corrected chi connectivity index (χ4v) is 2.28. The van der Waals surface area contributed by atoms with Gasteiger partial charge in [0.1, 0.15) is 0 Å². The zero-order chi connectivity index (χ0) is 9.42. The SMILES string of the molecule is Cc1cc(-c2nnc(Br)s2)n(C)n1. The zero-order valence-electron chi connectivity index (χ0n) is 7.15. The summed E-state index contributed by atoms with van der Waals surface area (Å²) in [5.74, 6) is 0. The molecule has 0 spiro atoms. The van der Waals surface area contributed by atoms with E-state index in [1.54, 1.807) is 0 Å². The van der Waals surface area contributed by atoms with E-state index in [2.05, 4.69) is 31.2 Å². The molecule has 4 nitrogen and oxygen atoms in total. The smallest absolute Gasteiger partial charge is 0.183 e. The summed E-state index contributed by atoms with van der Waals surface area (Å²) in [4.78, 5) is 0. The maximum absolute atomic E-state index is 4.24. The standard InChI is InChI=1S/C7H7BrN4S/c1-4-3-5(12(2)11-4)6-9-10-7(8)13-6/h3H,1-2H3. The highest BCUT2D eigenvalue weighted by molar-refractivity contribution is 9.11. The molecule has 0 aliphatic rings. The molecular formula is C7H7BrN4S. The van der Waals surface area contributed by atoms with E-state index in [9.17, 15) is 0 Å². The Kier molecular flexibility index (Phi) is 2.17. The summed E-state index contributed by atoms with van der Waals surface area (Å²) in [5.41, 5.74) is 1.99. The largest absolute Gasteiger partial charge is 0.265 e. The van der Waals surface area contributed by atoms with Crippen LogP contribution in [0.4, 0.5) is 0 Å². The molecule has 2 rings (SSSR count). The summed E-state index contributed by atoms with van der Waals surface area (Å²) in [6.45, 7) is 1.96. The molecule has 2 heterocycles. The molecule has 2 aromatic rings. The van der Waals surface area contributed by atoms with Crippen LogP contribution >= 0.6 is 27.3 Å². The molecule has 13 heavy (non-hydrogen) atoms. The van der Waals surface area contributed by atoms with Gasteiger partial charge in [0.15, 0.2) is 8.92 Å². The molecule has 0 fully saturated rings. The summed E-state index contributed by atoms with van der Waals surface area (Å²) >= 11 is 4.78. The second kappa shape index (κ2) is 3.19. The van der Waals surface area contributed by atoms with Crippen LogP contribution in [0.5, 0.6) is 0 Å². The van der Waals surface area contributed by atoms with Crippen molar-refractivity contribution in [3.05, 3.63) is 15.7 Å². The van der Waals surface area contributed by atoms with E-state index in [-0.39, 0.29) is 0 Å². The van der Waals surface area contributed by atoms with Crippen LogP contribution < -0.4 is 0 Å². The lowest BCUT2D eigenvalue weighted by Gasteiger charge is -1.93. The van der Waals surface area contributed by atoms with Gasteiger partial charge in [-0.3, -0.25) is 4.68 Å². The summed E-state index contributed by atoms with van der Waals surface area (Å²) in [6, 6.07) is 1.99. The number of rotatable bonds is 1. The molecule has 0 unspecified atom stereocenters. The van der Waals surface area contributed by atoms with Gasteiger partial charge in [-0.05, 0) is 28.9 Å². The zero-order valence-corrected chi connectivity index (χ0v) is 9.55. The van der Waals surface area contributed by atoms with Gasteiger partial charge < -0.3 is 0 Å². The van der Waals surface area contributed by atoms with Crippen molar-refractivity contribution in [3.63, 3.8) is 0 Å². The molecule has 2 aromatic heterocycles. The van der Waals surface area contributed by atoms with E-state index in [0.29, 0.717) is 0 Å². The highest BCUT2D eigenvalue weighted by Gasteiger charge is 2.09. The minimum Gasteiger partial charge on any atom is -0.265 e. The molecule has 0 amide bonds. The van der Waals surface area contributed by atoms with Gasteiger partial charge in [0.05, 0.1) is 11.4 Å². The Morgan fingerprint density at radius 3 is 2.69 bits per heavy atom. The molecule has 0 saturated carbocycles. The van der Waals surface area contributed by atoms with Crippen molar-refractivity contribution in [1.29, 1.82) is 0 Å². The number of aryl methyl sites for hydroxylation is 2. The number of nitrogens with zero attached hydrogens (tertiary/aromatic N) is 4. The number of aromatic nitrogens is 4. The average molecular weight is 259 g/mol. The molecule has 68 valence electrons. The molecule has 0 aromatic carbocycles. The Hall–Kier alpha value is -0.750. The van der Waals surface area contributed by atoms with E-state index >= 15 is 0 Å². The van der Waals surface area contributed by atoms with Crippen molar-refractivity contribution >= 4 is 27.3 Å². The Morgan fingerprint density at radius 2 is 2.23 bits per heavy atom. The summed E-state index contributed by atoms with van der Waals surface area (Å²) < 4.78 is 2.60. The predicted molar refractivity (Wildman–Crippen MR) is 54.5 cm³/mol. The topological polar surface area (TPSA) is 43.6 Å². The lowest BCUT2D eigenvalue weighted by atomic mass is 10.4. The van der Waals surface area contributed by atoms with Crippen LogP contribution in [0.1, 0.15) is 5.69 Å². The van der Waals surface area contributed by atoms with Crippen LogP contribution in [0.25, 0.3) is 10.7 Å². The number of hydrogen-bond acceptors (Lipinski definition) is 4. The monoisotopic (exact) mass is 258 g/mol. The number of halogens is 1. The van der Waals surface area contributed by atoms with Crippen LogP contribution in [-0.4, -0.2) is 20.0 Å². The molecule has 0 aliphatic carbocycles. The quantitative estimate of drug-likeness (QED) is 0.786. The van der Waals surface area contributed by atoms with Crippen LogP contribution in [0.3, 0.4) is 0 Å². The normalized spacial score (nSPS) is 10.7. The van der Waals surface area contributed by atoms with Gasteiger partial charge in [-0.1, -0.05) is 11.3 Å². The van der Waals surface area contributed by atoms with Crippen LogP contribution in [0, 0.1) is 6.92 Å². The molecule has 0 aliphatic heterocycles. The lowest BCUT2D eigenvalue weighted by Crippen LogP contribution is -1.93. The minimum atomic E-state index is 0.793. The highest BCUT2D eigenvalue weighted by Crippen LogP contribution is 2.26. The Labute approximate surface area is 87.7 Å².